The van der Waals surface area contributed by atoms with Gasteiger partial charge in [0.2, 0.25) is 5.91 Å². The summed E-state index contributed by atoms with van der Waals surface area (Å²) in [6.07, 6.45) is 0.446. The fraction of sp³-hybridized carbons (Fsp3) is 0.500. The van der Waals surface area contributed by atoms with E-state index in [-0.39, 0.29) is 23.6 Å². The number of rotatable bonds is 1. The van der Waals surface area contributed by atoms with Crippen LogP contribution in [0.5, 0.6) is 0 Å². The Balaban J connectivity index is 2.41. The highest BCUT2D eigenvalue weighted by atomic mass is 32.1. The molecular weight excluding hydrogens is 190 g/mol. The van der Waals surface area contributed by atoms with Gasteiger partial charge in [-0.1, -0.05) is 6.92 Å². The quantitative estimate of drug-likeness (QED) is 0.476. The van der Waals surface area contributed by atoms with Crippen LogP contribution in [0.4, 0.5) is 0 Å². The summed E-state index contributed by atoms with van der Waals surface area (Å²) in [5, 5.41) is 8.84. The van der Waals surface area contributed by atoms with E-state index >= 15 is 0 Å². The minimum Gasteiger partial charge on any atom is -0.477 e. The van der Waals surface area contributed by atoms with Crippen molar-refractivity contribution in [3.05, 3.63) is 10.6 Å². The van der Waals surface area contributed by atoms with Crippen LogP contribution in [-0.2, 0) is 9.59 Å². The zero-order valence-corrected chi connectivity index (χ0v) is 7.91. The summed E-state index contributed by atoms with van der Waals surface area (Å²) in [4.78, 5) is 23.8. The van der Waals surface area contributed by atoms with Gasteiger partial charge in [0.25, 0.3) is 0 Å². The molecule has 0 aromatic carbocycles. The maximum absolute atomic E-state index is 11.1. The van der Waals surface area contributed by atoms with Gasteiger partial charge in [-0.05, 0) is 0 Å². The van der Waals surface area contributed by atoms with E-state index in [0.717, 1.165) is 0 Å². The van der Waals surface area contributed by atoms with Gasteiger partial charge >= 0.3 is 5.97 Å². The van der Waals surface area contributed by atoms with Crippen molar-refractivity contribution in [1.29, 1.82) is 0 Å². The number of carbonyl (C=O) groups is 2. The van der Waals surface area contributed by atoms with E-state index in [9.17, 15) is 9.59 Å². The topological polar surface area (TPSA) is 57.6 Å². The zero-order valence-electron chi connectivity index (χ0n) is 7.02. The minimum absolute atomic E-state index is 0.0334. The molecule has 1 unspecified atom stereocenters. The molecule has 0 radical (unpaired) electrons. The van der Waals surface area contributed by atoms with E-state index in [2.05, 4.69) is 12.6 Å². The predicted octanol–water partition coefficient (Wildman–Crippen LogP) is 0.463. The zero-order chi connectivity index (χ0) is 9.75. The first kappa shape index (κ1) is 8.62. The number of β-lactam (4-membered cyclic amide) rings is 1. The van der Waals surface area contributed by atoms with Gasteiger partial charge in [0, 0.05) is 17.2 Å². The summed E-state index contributed by atoms with van der Waals surface area (Å²) in [6.45, 7) is 1.89. The Hall–Kier alpha value is -0.970. The number of carboxylic acid groups (broad SMARTS) is 1. The second kappa shape index (κ2) is 2.51. The lowest BCUT2D eigenvalue weighted by Crippen LogP contribution is -2.51. The van der Waals surface area contributed by atoms with Gasteiger partial charge in [0.1, 0.15) is 5.70 Å². The Morgan fingerprint density at radius 1 is 1.69 bits per heavy atom. The Morgan fingerprint density at radius 3 is 2.69 bits per heavy atom. The van der Waals surface area contributed by atoms with Gasteiger partial charge in [-0.3, -0.25) is 4.79 Å². The number of hydrogen-bond donors (Lipinski definition) is 2. The van der Waals surface area contributed by atoms with Crippen LogP contribution < -0.4 is 0 Å². The Morgan fingerprint density at radius 2 is 2.31 bits per heavy atom. The molecule has 13 heavy (non-hydrogen) atoms. The van der Waals surface area contributed by atoms with Crippen molar-refractivity contribution < 1.29 is 14.7 Å². The molecule has 2 aliphatic heterocycles. The number of thiol groups is 1. The third kappa shape index (κ3) is 0.934. The molecule has 1 saturated heterocycles. The fourth-order valence-electron chi connectivity index (χ4n) is 1.87. The molecule has 0 aromatic heterocycles. The lowest BCUT2D eigenvalue weighted by atomic mass is 9.94. The maximum Gasteiger partial charge on any atom is 0.353 e. The Kier molecular flexibility index (Phi) is 1.66. The van der Waals surface area contributed by atoms with E-state index < -0.39 is 5.97 Å². The molecule has 2 rings (SSSR count). The van der Waals surface area contributed by atoms with E-state index in [0.29, 0.717) is 11.3 Å². The smallest absolute Gasteiger partial charge is 0.353 e. The SMILES string of the molecule is CC1C(S)=C(C(=O)O)N2C(=O)C[C@@H]12. The van der Waals surface area contributed by atoms with Gasteiger partial charge in [0.15, 0.2) is 0 Å². The second-order valence-corrected chi connectivity index (χ2v) is 3.84. The number of amides is 1. The number of fused-ring (bicyclic) bond motifs is 1. The normalized spacial score (nSPS) is 31.8. The van der Waals surface area contributed by atoms with Crippen LogP contribution in [0.3, 0.4) is 0 Å². The first-order valence-corrected chi connectivity index (χ1v) is 4.47. The third-order valence-electron chi connectivity index (χ3n) is 2.68. The molecule has 2 heterocycles. The average Bonchev–Trinajstić information content (AvgIpc) is 2.24. The molecule has 0 spiro atoms. The molecule has 1 N–H and O–H groups in total. The molecule has 70 valence electrons. The van der Waals surface area contributed by atoms with Crippen LogP contribution in [0.15, 0.2) is 10.6 Å². The summed E-state index contributed by atoms with van der Waals surface area (Å²) in [6, 6.07) is 0.0334. The third-order valence-corrected chi connectivity index (χ3v) is 3.30. The molecule has 4 nitrogen and oxygen atoms in total. The van der Waals surface area contributed by atoms with Crippen LogP contribution >= 0.6 is 12.6 Å². The van der Waals surface area contributed by atoms with E-state index in [1.807, 2.05) is 6.92 Å². The van der Waals surface area contributed by atoms with Crippen molar-refractivity contribution in [3.63, 3.8) is 0 Å². The second-order valence-electron chi connectivity index (χ2n) is 3.36. The number of aliphatic carboxylic acids is 1. The number of carbonyl (C=O) groups excluding carboxylic acids is 1. The molecule has 0 aliphatic carbocycles. The van der Waals surface area contributed by atoms with E-state index in [1.54, 1.807) is 0 Å². The number of hydrogen-bond acceptors (Lipinski definition) is 3. The highest BCUT2D eigenvalue weighted by molar-refractivity contribution is 7.84. The average molecular weight is 199 g/mol. The highest BCUT2D eigenvalue weighted by Crippen LogP contribution is 2.43. The van der Waals surface area contributed by atoms with Gasteiger partial charge in [0.05, 0.1) is 6.04 Å². The van der Waals surface area contributed by atoms with Crippen molar-refractivity contribution in [1.82, 2.24) is 4.90 Å². The molecule has 0 saturated carbocycles. The van der Waals surface area contributed by atoms with Gasteiger partial charge in [-0.15, -0.1) is 12.6 Å². The molecule has 5 heteroatoms. The first-order valence-electron chi connectivity index (χ1n) is 4.02. The van der Waals surface area contributed by atoms with Crippen LogP contribution in [0.2, 0.25) is 0 Å². The summed E-state index contributed by atoms with van der Waals surface area (Å²) in [5.41, 5.74) is 0.0667. The Bertz CT molecular complexity index is 336. The molecule has 1 amide bonds. The van der Waals surface area contributed by atoms with Crippen LogP contribution in [0.25, 0.3) is 0 Å². The monoisotopic (exact) mass is 199 g/mol. The standard InChI is InChI=1S/C8H9NO3S/c1-3-4-2-5(10)9(4)6(7(3)13)8(11)12/h3-4,13H,2H2,1H3,(H,11,12)/t3?,4-/m0/s1. The first-order chi connectivity index (χ1) is 6.04. The maximum atomic E-state index is 11.1. The van der Waals surface area contributed by atoms with Gasteiger partial charge in [-0.2, -0.15) is 0 Å². The van der Waals surface area contributed by atoms with Crippen molar-refractivity contribution in [2.45, 2.75) is 19.4 Å². The summed E-state index contributed by atoms with van der Waals surface area (Å²) >= 11 is 4.13. The molecule has 0 bridgehead atoms. The van der Waals surface area contributed by atoms with E-state index in [1.165, 1.54) is 4.90 Å². The largest absolute Gasteiger partial charge is 0.477 e. The van der Waals surface area contributed by atoms with Crippen molar-refractivity contribution in [3.8, 4) is 0 Å². The lowest BCUT2D eigenvalue weighted by Gasteiger charge is -2.37. The number of carboxylic acids is 1. The molecule has 2 atom stereocenters. The Labute approximate surface area is 80.6 Å². The predicted molar refractivity (Wildman–Crippen MR) is 48.1 cm³/mol. The van der Waals surface area contributed by atoms with Crippen LogP contribution in [-0.4, -0.2) is 27.9 Å². The van der Waals surface area contributed by atoms with Crippen molar-refractivity contribution in [2.75, 3.05) is 0 Å². The van der Waals surface area contributed by atoms with Crippen molar-refractivity contribution in [2.24, 2.45) is 5.92 Å². The van der Waals surface area contributed by atoms with Crippen LogP contribution in [0, 0.1) is 5.92 Å². The number of nitrogens with zero attached hydrogens (tertiary/aromatic N) is 1. The lowest BCUT2D eigenvalue weighted by molar-refractivity contribution is -0.148. The molecule has 2 aliphatic rings. The highest BCUT2D eigenvalue weighted by Gasteiger charge is 2.50. The van der Waals surface area contributed by atoms with Crippen LogP contribution in [0.1, 0.15) is 13.3 Å². The van der Waals surface area contributed by atoms with Gasteiger partial charge in [-0.25, -0.2) is 4.79 Å². The summed E-state index contributed by atoms with van der Waals surface area (Å²) < 4.78 is 0. The minimum atomic E-state index is -1.06. The molecule has 0 aromatic rings. The van der Waals surface area contributed by atoms with Gasteiger partial charge < -0.3 is 10.0 Å². The van der Waals surface area contributed by atoms with Crippen molar-refractivity contribution >= 4 is 24.5 Å². The summed E-state index contributed by atoms with van der Waals surface area (Å²) in [7, 11) is 0. The van der Waals surface area contributed by atoms with E-state index in [4.69, 9.17) is 5.11 Å². The molecular formula is C8H9NO3S. The fourth-order valence-corrected chi connectivity index (χ4v) is 2.24. The summed E-state index contributed by atoms with van der Waals surface area (Å²) in [5.74, 6) is -1.11. The molecule has 1 fully saturated rings.